The van der Waals surface area contributed by atoms with Crippen molar-refractivity contribution in [2.75, 3.05) is 6.61 Å². The lowest BCUT2D eigenvalue weighted by Crippen LogP contribution is -2.67. The van der Waals surface area contributed by atoms with Crippen molar-refractivity contribution in [2.24, 2.45) is 0 Å². The maximum absolute atomic E-state index is 12.7. The molecular weight excluding hydrogens is 264 g/mol. The molecule has 102 valence electrons. The second kappa shape index (κ2) is 3.34. The second-order valence-corrected chi connectivity index (χ2v) is 5.28. The maximum atomic E-state index is 12.7. The van der Waals surface area contributed by atoms with Crippen LogP contribution in [0.4, 0.5) is 0 Å². The van der Waals surface area contributed by atoms with Crippen LogP contribution >= 0.6 is 0 Å². The van der Waals surface area contributed by atoms with E-state index in [0.29, 0.717) is 0 Å². The van der Waals surface area contributed by atoms with Crippen molar-refractivity contribution in [3.05, 3.63) is 35.4 Å². The fraction of sp³-hybridized carbons (Fsp3) is 0.357. The van der Waals surface area contributed by atoms with Gasteiger partial charge in [0.05, 0.1) is 13.0 Å². The average molecular weight is 274 g/mol. The molecular formula is C14H10O6. The van der Waals surface area contributed by atoms with Gasteiger partial charge in [0.25, 0.3) is 0 Å². The highest BCUT2D eigenvalue weighted by atomic mass is 16.6. The summed E-state index contributed by atoms with van der Waals surface area (Å²) < 4.78 is 10.5. The molecule has 4 rings (SSSR count). The minimum absolute atomic E-state index is 0.135. The maximum Gasteiger partial charge on any atom is 0.309 e. The van der Waals surface area contributed by atoms with E-state index in [1.165, 1.54) is 12.1 Å². The quantitative estimate of drug-likeness (QED) is 0.663. The Kier molecular flexibility index (Phi) is 1.96. The first kappa shape index (κ1) is 11.7. The third-order valence-electron chi connectivity index (χ3n) is 4.32. The summed E-state index contributed by atoms with van der Waals surface area (Å²) in [5.41, 5.74) is -3.75. The SMILES string of the molecule is O=C1C[C@H]2OC[C@]3(O)C(=O)c4ccccc4C(=O)[C@]23O1. The molecule has 2 heterocycles. The minimum Gasteiger partial charge on any atom is -0.444 e. The number of ketones is 2. The van der Waals surface area contributed by atoms with Gasteiger partial charge in [0, 0.05) is 11.1 Å². The van der Waals surface area contributed by atoms with Crippen LogP contribution in [0.15, 0.2) is 24.3 Å². The molecule has 1 aliphatic carbocycles. The predicted octanol–water partition coefficient (Wildman–Crippen LogP) is -0.119. The first-order chi connectivity index (χ1) is 9.50. The molecule has 3 atom stereocenters. The van der Waals surface area contributed by atoms with Gasteiger partial charge >= 0.3 is 5.97 Å². The summed E-state index contributed by atoms with van der Waals surface area (Å²) in [6, 6.07) is 6.20. The van der Waals surface area contributed by atoms with Gasteiger partial charge in [-0.15, -0.1) is 0 Å². The van der Waals surface area contributed by atoms with E-state index in [9.17, 15) is 19.5 Å². The first-order valence-corrected chi connectivity index (χ1v) is 6.25. The molecule has 0 radical (unpaired) electrons. The van der Waals surface area contributed by atoms with Gasteiger partial charge in [-0.3, -0.25) is 14.4 Å². The third kappa shape index (κ3) is 1.03. The molecule has 6 heteroatoms. The number of esters is 1. The molecule has 0 saturated carbocycles. The Morgan fingerprint density at radius 1 is 1.10 bits per heavy atom. The molecule has 2 fully saturated rings. The van der Waals surface area contributed by atoms with Crippen molar-refractivity contribution in [3.8, 4) is 0 Å². The number of aliphatic hydroxyl groups is 1. The summed E-state index contributed by atoms with van der Waals surface area (Å²) in [6.07, 6.45) is -1.05. The number of hydrogen-bond acceptors (Lipinski definition) is 6. The normalized spacial score (nSPS) is 38.2. The molecule has 20 heavy (non-hydrogen) atoms. The monoisotopic (exact) mass is 274 g/mol. The van der Waals surface area contributed by atoms with E-state index in [1.807, 2.05) is 0 Å². The summed E-state index contributed by atoms with van der Waals surface area (Å²) in [4.78, 5) is 36.8. The largest absolute Gasteiger partial charge is 0.444 e. The van der Waals surface area contributed by atoms with Crippen molar-refractivity contribution in [2.45, 2.75) is 23.7 Å². The number of fused-ring (bicyclic) bond motifs is 1. The Hall–Kier alpha value is -2.05. The van der Waals surface area contributed by atoms with Crippen molar-refractivity contribution in [1.29, 1.82) is 0 Å². The van der Waals surface area contributed by atoms with E-state index in [-0.39, 0.29) is 24.2 Å². The molecule has 1 N–H and O–H groups in total. The zero-order chi connectivity index (χ0) is 14.1. The minimum atomic E-state index is -2.13. The van der Waals surface area contributed by atoms with E-state index in [4.69, 9.17) is 9.47 Å². The van der Waals surface area contributed by atoms with Crippen LogP contribution in [-0.4, -0.2) is 46.6 Å². The summed E-state index contributed by atoms with van der Waals surface area (Å²) >= 11 is 0. The van der Waals surface area contributed by atoms with Crippen LogP contribution in [0.25, 0.3) is 0 Å². The van der Waals surface area contributed by atoms with E-state index in [1.54, 1.807) is 12.1 Å². The number of carbonyl (C=O) groups is 3. The van der Waals surface area contributed by atoms with Crippen LogP contribution in [0.2, 0.25) is 0 Å². The number of benzene rings is 1. The molecule has 2 aliphatic heterocycles. The number of rotatable bonds is 0. The Labute approximate surface area is 113 Å². The summed E-state index contributed by atoms with van der Waals surface area (Å²) in [6.45, 7) is -0.343. The molecule has 0 amide bonds. The number of Topliss-reactive ketones (excluding diaryl/α,β-unsaturated/α-hetero) is 2. The van der Waals surface area contributed by atoms with E-state index in [0.717, 1.165) is 0 Å². The van der Waals surface area contributed by atoms with Gasteiger partial charge in [0.15, 0.2) is 0 Å². The van der Waals surface area contributed by atoms with Gasteiger partial charge in [-0.05, 0) is 0 Å². The highest BCUT2D eigenvalue weighted by Gasteiger charge is 2.77. The third-order valence-corrected chi connectivity index (χ3v) is 4.32. The summed E-state index contributed by atoms with van der Waals surface area (Å²) in [7, 11) is 0. The standard InChI is InChI=1S/C14H10O6/c15-10-5-9-14(20-10)12(17)8-4-2-1-3-7(8)11(16)13(14,18)6-19-9/h1-4,9,18H,5-6H2/t9-,13+,14-/m1/s1. The van der Waals surface area contributed by atoms with Gasteiger partial charge in [0.1, 0.15) is 6.10 Å². The Morgan fingerprint density at radius 2 is 1.75 bits per heavy atom. The fourth-order valence-electron chi connectivity index (χ4n) is 3.35. The lowest BCUT2D eigenvalue weighted by molar-refractivity contribution is -0.156. The second-order valence-electron chi connectivity index (χ2n) is 5.28. The molecule has 1 aromatic carbocycles. The molecule has 0 unspecified atom stereocenters. The zero-order valence-corrected chi connectivity index (χ0v) is 10.3. The molecule has 1 aromatic rings. The Balaban J connectivity index is 2.03. The van der Waals surface area contributed by atoms with Gasteiger partial charge in [-0.25, -0.2) is 0 Å². The number of carbonyl (C=O) groups excluding carboxylic acids is 3. The molecule has 2 saturated heterocycles. The fourth-order valence-corrected chi connectivity index (χ4v) is 3.35. The van der Waals surface area contributed by atoms with Gasteiger partial charge in [-0.2, -0.15) is 0 Å². The van der Waals surface area contributed by atoms with Crippen LogP contribution in [0.3, 0.4) is 0 Å². The highest BCUT2D eigenvalue weighted by molar-refractivity contribution is 6.23. The average Bonchev–Trinajstić information content (AvgIpc) is 2.92. The summed E-state index contributed by atoms with van der Waals surface area (Å²) in [5.74, 6) is -1.85. The molecule has 1 spiro atoms. The molecule has 6 nitrogen and oxygen atoms in total. The smallest absolute Gasteiger partial charge is 0.309 e. The van der Waals surface area contributed by atoms with Gasteiger partial charge in [0.2, 0.25) is 22.8 Å². The molecule has 0 aromatic heterocycles. The van der Waals surface area contributed by atoms with E-state index in [2.05, 4.69) is 0 Å². The van der Waals surface area contributed by atoms with Gasteiger partial charge < -0.3 is 14.6 Å². The zero-order valence-electron chi connectivity index (χ0n) is 10.3. The van der Waals surface area contributed by atoms with Crippen LogP contribution in [0.1, 0.15) is 27.1 Å². The highest BCUT2D eigenvalue weighted by Crippen LogP contribution is 2.50. The Bertz CT molecular complexity index is 680. The van der Waals surface area contributed by atoms with Crippen molar-refractivity contribution < 1.29 is 29.0 Å². The first-order valence-electron chi connectivity index (χ1n) is 6.25. The van der Waals surface area contributed by atoms with Crippen LogP contribution < -0.4 is 0 Å². The van der Waals surface area contributed by atoms with Crippen molar-refractivity contribution in [3.63, 3.8) is 0 Å². The van der Waals surface area contributed by atoms with Crippen molar-refractivity contribution >= 4 is 17.5 Å². The number of hydrogen-bond donors (Lipinski definition) is 1. The van der Waals surface area contributed by atoms with Crippen LogP contribution in [0, 0.1) is 0 Å². The lowest BCUT2D eigenvalue weighted by atomic mass is 9.67. The predicted molar refractivity (Wildman–Crippen MR) is 63.2 cm³/mol. The lowest BCUT2D eigenvalue weighted by Gasteiger charge is -2.39. The Morgan fingerprint density at radius 3 is 2.45 bits per heavy atom. The summed E-state index contributed by atoms with van der Waals surface area (Å²) in [5, 5.41) is 10.7. The van der Waals surface area contributed by atoms with E-state index >= 15 is 0 Å². The van der Waals surface area contributed by atoms with Crippen LogP contribution in [0.5, 0.6) is 0 Å². The molecule has 3 aliphatic rings. The van der Waals surface area contributed by atoms with E-state index < -0.39 is 34.8 Å². The van der Waals surface area contributed by atoms with Crippen LogP contribution in [-0.2, 0) is 14.3 Å². The van der Waals surface area contributed by atoms with Crippen molar-refractivity contribution in [1.82, 2.24) is 0 Å². The van der Waals surface area contributed by atoms with Gasteiger partial charge in [-0.1, -0.05) is 24.3 Å². The molecule has 0 bridgehead atoms. The topological polar surface area (TPSA) is 89.9 Å². The number of ether oxygens (including phenoxy) is 2.